The molecule has 2 atom stereocenters. The first kappa shape index (κ1) is 16.3. The summed E-state index contributed by atoms with van der Waals surface area (Å²) >= 11 is 1.82. The Morgan fingerprint density at radius 1 is 1.37 bits per heavy atom. The Hall–Kier alpha value is -0.740. The van der Waals surface area contributed by atoms with Crippen LogP contribution in [-0.4, -0.2) is 30.2 Å². The molecule has 2 unspecified atom stereocenters. The van der Waals surface area contributed by atoms with Gasteiger partial charge in [-0.1, -0.05) is 0 Å². The van der Waals surface area contributed by atoms with Crippen molar-refractivity contribution < 1.29 is 9.50 Å². The number of hydrogen-bond acceptors (Lipinski definition) is 3. The summed E-state index contributed by atoms with van der Waals surface area (Å²) in [6.07, 6.45) is 2.49. The largest absolute Gasteiger partial charge is 0.389 e. The Kier molecular flexibility index (Phi) is 6.14. The fourth-order valence-electron chi connectivity index (χ4n) is 2.04. The molecule has 1 rings (SSSR count). The molecule has 19 heavy (non-hydrogen) atoms. The number of benzene rings is 1. The van der Waals surface area contributed by atoms with Crippen LogP contribution < -0.4 is 4.90 Å². The van der Waals surface area contributed by atoms with Crippen molar-refractivity contribution in [3.8, 4) is 0 Å². The van der Waals surface area contributed by atoms with Crippen molar-refractivity contribution in [2.24, 2.45) is 0 Å². The number of thioether (sulfide) groups is 1. The SMILES string of the molecule is CSCCC(C)N(C)c1cc(C)c(F)cc1C(C)O. The van der Waals surface area contributed by atoms with Crippen molar-refractivity contribution in [3.63, 3.8) is 0 Å². The van der Waals surface area contributed by atoms with Gasteiger partial charge in [0.05, 0.1) is 6.10 Å². The Bertz CT molecular complexity index is 423. The van der Waals surface area contributed by atoms with E-state index < -0.39 is 6.10 Å². The lowest BCUT2D eigenvalue weighted by Gasteiger charge is -2.30. The number of rotatable bonds is 6. The molecule has 0 aliphatic heterocycles. The van der Waals surface area contributed by atoms with E-state index in [4.69, 9.17) is 0 Å². The third-order valence-electron chi connectivity index (χ3n) is 3.54. The highest BCUT2D eigenvalue weighted by Crippen LogP contribution is 2.30. The van der Waals surface area contributed by atoms with Gasteiger partial charge in [0, 0.05) is 24.3 Å². The van der Waals surface area contributed by atoms with Crippen LogP contribution in [0.25, 0.3) is 0 Å². The van der Waals surface area contributed by atoms with E-state index in [1.54, 1.807) is 13.8 Å². The zero-order valence-corrected chi connectivity index (χ0v) is 13.2. The molecule has 2 nitrogen and oxygen atoms in total. The molecule has 1 aromatic carbocycles. The van der Waals surface area contributed by atoms with E-state index in [2.05, 4.69) is 18.1 Å². The number of hydrogen-bond donors (Lipinski definition) is 1. The average molecular weight is 285 g/mol. The highest BCUT2D eigenvalue weighted by molar-refractivity contribution is 7.98. The lowest BCUT2D eigenvalue weighted by molar-refractivity contribution is 0.199. The summed E-state index contributed by atoms with van der Waals surface area (Å²) in [7, 11) is 2.00. The molecule has 0 amide bonds. The van der Waals surface area contributed by atoms with Crippen LogP contribution in [0.5, 0.6) is 0 Å². The normalized spacial score (nSPS) is 14.3. The highest BCUT2D eigenvalue weighted by Gasteiger charge is 2.18. The predicted octanol–water partition coefficient (Wildman–Crippen LogP) is 3.77. The maximum atomic E-state index is 13.7. The molecule has 4 heteroatoms. The molecule has 0 aromatic heterocycles. The van der Waals surface area contributed by atoms with Crippen LogP contribution in [0.1, 0.15) is 37.5 Å². The highest BCUT2D eigenvalue weighted by atomic mass is 32.2. The smallest absolute Gasteiger partial charge is 0.126 e. The average Bonchev–Trinajstić information content (AvgIpc) is 2.37. The summed E-state index contributed by atoms with van der Waals surface area (Å²) in [6, 6.07) is 3.63. The Labute approximate surface area is 120 Å². The molecule has 108 valence electrons. The van der Waals surface area contributed by atoms with E-state index in [9.17, 15) is 9.50 Å². The fourth-order valence-corrected chi connectivity index (χ4v) is 2.62. The molecule has 0 heterocycles. The molecular formula is C15H24FNOS. The summed E-state index contributed by atoms with van der Waals surface area (Å²) in [5.74, 6) is 0.834. The summed E-state index contributed by atoms with van der Waals surface area (Å²) in [5, 5.41) is 9.83. The number of aliphatic hydroxyl groups excluding tert-OH is 1. The van der Waals surface area contributed by atoms with Gasteiger partial charge < -0.3 is 10.0 Å². The van der Waals surface area contributed by atoms with Crippen LogP contribution >= 0.6 is 11.8 Å². The minimum absolute atomic E-state index is 0.259. The Morgan fingerprint density at radius 2 is 2.00 bits per heavy atom. The summed E-state index contributed by atoms with van der Waals surface area (Å²) in [6.45, 7) is 5.58. The Balaban J connectivity index is 3.06. The van der Waals surface area contributed by atoms with E-state index >= 15 is 0 Å². The molecule has 0 bridgehead atoms. The predicted molar refractivity (Wildman–Crippen MR) is 82.6 cm³/mol. The van der Waals surface area contributed by atoms with Crippen molar-refractivity contribution in [2.75, 3.05) is 24.0 Å². The second-order valence-corrected chi connectivity index (χ2v) is 6.06. The third kappa shape index (κ3) is 4.11. The van der Waals surface area contributed by atoms with Crippen molar-refractivity contribution in [2.45, 2.75) is 39.3 Å². The zero-order chi connectivity index (χ0) is 14.6. The van der Waals surface area contributed by atoms with Gasteiger partial charge in [-0.2, -0.15) is 11.8 Å². The number of halogens is 1. The molecule has 0 fully saturated rings. The monoisotopic (exact) mass is 285 g/mol. The summed E-state index contributed by atoms with van der Waals surface area (Å²) < 4.78 is 13.7. The quantitative estimate of drug-likeness (QED) is 0.860. The van der Waals surface area contributed by atoms with Crippen LogP contribution in [0.2, 0.25) is 0 Å². The van der Waals surface area contributed by atoms with E-state index in [1.165, 1.54) is 6.07 Å². The van der Waals surface area contributed by atoms with Crippen LogP contribution in [0, 0.1) is 12.7 Å². The third-order valence-corrected chi connectivity index (χ3v) is 4.18. The first-order valence-corrected chi connectivity index (χ1v) is 7.97. The molecule has 0 saturated heterocycles. The maximum Gasteiger partial charge on any atom is 0.126 e. The van der Waals surface area contributed by atoms with E-state index in [0.717, 1.165) is 17.9 Å². The van der Waals surface area contributed by atoms with Crippen LogP contribution in [-0.2, 0) is 0 Å². The summed E-state index contributed by atoms with van der Waals surface area (Å²) in [5.41, 5.74) is 2.19. The van der Waals surface area contributed by atoms with Gasteiger partial charge in [-0.15, -0.1) is 0 Å². The zero-order valence-electron chi connectivity index (χ0n) is 12.4. The van der Waals surface area contributed by atoms with Crippen molar-refractivity contribution in [3.05, 3.63) is 29.1 Å². The van der Waals surface area contributed by atoms with Crippen LogP contribution in [0.15, 0.2) is 12.1 Å². The molecule has 0 aliphatic rings. The molecule has 1 aromatic rings. The molecule has 1 N–H and O–H groups in total. The minimum Gasteiger partial charge on any atom is -0.389 e. The molecule has 0 aliphatic carbocycles. The van der Waals surface area contributed by atoms with Gasteiger partial charge in [0.15, 0.2) is 0 Å². The van der Waals surface area contributed by atoms with Crippen LogP contribution in [0.4, 0.5) is 10.1 Å². The molecule has 0 radical (unpaired) electrons. The van der Waals surface area contributed by atoms with Crippen molar-refractivity contribution >= 4 is 17.4 Å². The van der Waals surface area contributed by atoms with Gasteiger partial charge in [0.25, 0.3) is 0 Å². The van der Waals surface area contributed by atoms with Gasteiger partial charge in [-0.25, -0.2) is 4.39 Å². The number of aliphatic hydroxyl groups is 1. The second-order valence-electron chi connectivity index (χ2n) is 5.08. The van der Waals surface area contributed by atoms with Gasteiger partial charge >= 0.3 is 0 Å². The first-order chi connectivity index (χ1) is 8.88. The van der Waals surface area contributed by atoms with Gasteiger partial charge in [-0.3, -0.25) is 0 Å². The fraction of sp³-hybridized carbons (Fsp3) is 0.600. The van der Waals surface area contributed by atoms with E-state index in [1.807, 2.05) is 24.9 Å². The van der Waals surface area contributed by atoms with Gasteiger partial charge in [0.2, 0.25) is 0 Å². The standard InChI is InChI=1S/C15H24FNOS/c1-10-8-15(13(12(3)18)9-14(10)16)17(4)11(2)6-7-19-5/h8-9,11-12,18H,6-7H2,1-5H3. The second kappa shape index (κ2) is 7.15. The lowest BCUT2D eigenvalue weighted by atomic mass is 10.0. The Morgan fingerprint density at radius 3 is 2.53 bits per heavy atom. The minimum atomic E-state index is -0.666. The molecular weight excluding hydrogens is 261 g/mol. The molecule has 0 spiro atoms. The number of nitrogens with zero attached hydrogens (tertiary/aromatic N) is 1. The van der Waals surface area contributed by atoms with E-state index in [0.29, 0.717) is 17.2 Å². The van der Waals surface area contributed by atoms with Crippen molar-refractivity contribution in [1.29, 1.82) is 0 Å². The molecule has 0 saturated carbocycles. The maximum absolute atomic E-state index is 13.7. The number of aryl methyl sites for hydroxylation is 1. The van der Waals surface area contributed by atoms with Crippen LogP contribution in [0.3, 0.4) is 0 Å². The van der Waals surface area contributed by atoms with E-state index in [-0.39, 0.29) is 5.82 Å². The lowest BCUT2D eigenvalue weighted by Crippen LogP contribution is -2.30. The topological polar surface area (TPSA) is 23.5 Å². The van der Waals surface area contributed by atoms with Crippen molar-refractivity contribution in [1.82, 2.24) is 0 Å². The van der Waals surface area contributed by atoms with Gasteiger partial charge in [0.1, 0.15) is 5.82 Å². The first-order valence-electron chi connectivity index (χ1n) is 6.58. The summed E-state index contributed by atoms with van der Waals surface area (Å²) in [4.78, 5) is 2.13. The number of anilines is 1. The van der Waals surface area contributed by atoms with Gasteiger partial charge in [-0.05, 0) is 56.9 Å².